The lowest BCUT2D eigenvalue weighted by Gasteiger charge is -2.28. The van der Waals surface area contributed by atoms with E-state index in [9.17, 15) is 14.7 Å². The summed E-state index contributed by atoms with van der Waals surface area (Å²) in [5, 5.41) is 13.9. The van der Waals surface area contributed by atoms with Gasteiger partial charge in [0.15, 0.2) is 0 Å². The third kappa shape index (κ3) is 5.40. The highest BCUT2D eigenvalue weighted by Crippen LogP contribution is 2.27. The molecule has 2 N–H and O–H groups in total. The summed E-state index contributed by atoms with van der Waals surface area (Å²) in [7, 11) is 1.62. The van der Waals surface area contributed by atoms with Crippen LogP contribution >= 0.6 is 0 Å². The number of methoxy groups -OCH3 is 1. The molecule has 2 amide bonds. The van der Waals surface area contributed by atoms with E-state index < -0.39 is 20.0 Å². The van der Waals surface area contributed by atoms with Crippen LogP contribution in [0, 0.1) is 0 Å². The number of carbonyl (C=O) groups is 2. The number of rotatable bonds is 7. The summed E-state index contributed by atoms with van der Waals surface area (Å²) < 4.78 is 5.21. The number of aliphatic hydroxyl groups excluding tert-OH is 1. The number of amides is 2. The van der Waals surface area contributed by atoms with Crippen molar-refractivity contribution in [2.75, 3.05) is 19.5 Å². The number of anilines is 1. The average molecular weight is 464 g/mol. The van der Waals surface area contributed by atoms with Crippen LogP contribution in [0.25, 0.3) is 0 Å². The van der Waals surface area contributed by atoms with Crippen LogP contribution in [0.3, 0.4) is 0 Å². The molecule has 1 atom stereocenters. The SMILES string of the molecule is C=C1C=C(C(=O)N(C)C(C(=O)Nc2ccc([Si](C)(C)C)cc2)c2ccc(OC)cc2)N=C1O. The van der Waals surface area contributed by atoms with Crippen molar-refractivity contribution < 1.29 is 19.4 Å². The first kappa shape index (κ1) is 24.0. The number of aliphatic imine (C=N–C) groups is 1. The smallest absolute Gasteiger partial charge is 0.273 e. The molecule has 0 radical (unpaired) electrons. The number of aliphatic hydroxyl groups is 1. The van der Waals surface area contributed by atoms with E-state index in [1.807, 2.05) is 24.3 Å². The van der Waals surface area contributed by atoms with Crippen molar-refractivity contribution in [2.45, 2.75) is 25.7 Å². The van der Waals surface area contributed by atoms with Gasteiger partial charge < -0.3 is 20.1 Å². The Hall–Kier alpha value is -3.65. The van der Waals surface area contributed by atoms with Gasteiger partial charge in [0, 0.05) is 18.3 Å². The molecule has 1 aliphatic heterocycles. The third-order valence-corrected chi connectivity index (χ3v) is 7.52. The molecule has 1 aliphatic rings. The van der Waals surface area contributed by atoms with Crippen LogP contribution in [0.2, 0.25) is 19.6 Å². The number of likely N-dealkylation sites (N-methyl/N-ethyl adjacent to an activating group) is 1. The molecule has 8 heteroatoms. The largest absolute Gasteiger partial charge is 0.497 e. The van der Waals surface area contributed by atoms with Crippen LogP contribution in [0.15, 0.2) is 77.4 Å². The number of nitrogens with one attached hydrogen (secondary N) is 1. The van der Waals surface area contributed by atoms with Gasteiger partial charge >= 0.3 is 0 Å². The Balaban J connectivity index is 1.91. The first-order valence-corrected chi connectivity index (χ1v) is 14.0. The van der Waals surface area contributed by atoms with Gasteiger partial charge in [0.05, 0.1) is 15.2 Å². The molecule has 33 heavy (non-hydrogen) atoms. The Morgan fingerprint density at radius 1 is 1.09 bits per heavy atom. The second-order valence-corrected chi connectivity index (χ2v) is 14.0. The predicted molar refractivity (Wildman–Crippen MR) is 134 cm³/mol. The second-order valence-electron chi connectivity index (χ2n) is 8.90. The zero-order valence-corrected chi connectivity index (χ0v) is 20.5. The number of hydrogen-bond donors (Lipinski definition) is 2. The van der Waals surface area contributed by atoms with Crippen molar-refractivity contribution in [1.29, 1.82) is 0 Å². The fraction of sp³-hybridized carbons (Fsp3) is 0.240. The number of carbonyl (C=O) groups excluding carboxylic acids is 2. The van der Waals surface area contributed by atoms with Crippen LogP contribution in [-0.4, -0.2) is 49.9 Å². The quantitative estimate of drug-likeness (QED) is 0.611. The molecular weight excluding hydrogens is 434 g/mol. The van der Waals surface area contributed by atoms with Gasteiger partial charge in [-0.15, -0.1) is 0 Å². The molecule has 0 aliphatic carbocycles. The fourth-order valence-electron chi connectivity index (χ4n) is 3.46. The maximum atomic E-state index is 13.4. The first-order chi connectivity index (χ1) is 15.5. The molecule has 172 valence electrons. The average Bonchev–Trinajstić information content (AvgIpc) is 3.11. The van der Waals surface area contributed by atoms with Gasteiger partial charge in [-0.3, -0.25) is 9.59 Å². The Morgan fingerprint density at radius 2 is 1.70 bits per heavy atom. The van der Waals surface area contributed by atoms with Gasteiger partial charge in [0.1, 0.15) is 17.5 Å². The van der Waals surface area contributed by atoms with E-state index in [0.29, 0.717) is 17.0 Å². The van der Waals surface area contributed by atoms with E-state index in [4.69, 9.17) is 4.74 Å². The minimum absolute atomic E-state index is 0.0193. The number of ether oxygens (including phenoxy) is 1. The number of hydrogen-bond acceptors (Lipinski definition) is 4. The summed E-state index contributed by atoms with van der Waals surface area (Å²) in [5.74, 6) is -0.550. The highest BCUT2D eigenvalue weighted by molar-refractivity contribution is 6.88. The van der Waals surface area contributed by atoms with Gasteiger partial charge in [-0.05, 0) is 35.9 Å². The lowest BCUT2D eigenvalue weighted by atomic mass is 10.0. The van der Waals surface area contributed by atoms with Gasteiger partial charge in [-0.25, -0.2) is 4.99 Å². The van der Waals surface area contributed by atoms with E-state index in [1.165, 1.54) is 23.2 Å². The molecular formula is C25H29N3O4Si. The summed E-state index contributed by atoms with van der Waals surface area (Å²) >= 11 is 0. The maximum absolute atomic E-state index is 13.4. The van der Waals surface area contributed by atoms with Crippen molar-refractivity contribution in [1.82, 2.24) is 4.90 Å². The van der Waals surface area contributed by atoms with Gasteiger partial charge in [0.25, 0.3) is 11.8 Å². The number of nitrogens with zero attached hydrogens (tertiary/aromatic N) is 2. The summed E-state index contributed by atoms with van der Waals surface area (Å²) in [6.07, 6.45) is 1.40. The van der Waals surface area contributed by atoms with Crippen molar-refractivity contribution in [3.63, 3.8) is 0 Å². The normalized spacial score (nSPS) is 14.3. The van der Waals surface area contributed by atoms with Crippen molar-refractivity contribution in [2.24, 2.45) is 4.99 Å². The molecule has 3 rings (SSSR count). The lowest BCUT2D eigenvalue weighted by molar-refractivity contribution is -0.134. The molecule has 0 saturated heterocycles. The molecule has 0 fully saturated rings. The van der Waals surface area contributed by atoms with Gasteiger partial charge in [-0.2, -0.15) is 0 Å². The van der Waals surface area contributed by atoms with Gasteiger partial charge in [0.2, 0.25) is 5.90 Å². The standard InChI is InChI=1S/C25H29N3O4Si/c1-16-15-21(27-23(16)29)25(31)28(2)22(17-7-11-19(32-3)12-8-17)24(30)26-18-9-13-20(14-10-18)33(4,5)6/h7-15,22H,1H2,2-6H3,(H,26,30)(H,27,29). The molecule has 0 bridgehead atoms. The van der Waals surface area contributed by atoms with Crippen LogP contribution < -0.4 is 15.2 Å². The van der Waals surface area contributed by atoms with E-state index >= 15 is 0 Å². The van der Waals surface area contributed by atoms with Crippen LogP contribution in [0.1, 0.15) is 11.6 Å². The predicted octanol–water partition coefficient (Wildman–Crippen LogP) is 3.79. The van der Waals surface area contributed by atoms with E-state index in [-0.39, 0.29) is 23.1 Å². The Morgan fingerprint density at radius 3 is 2.18 bits per heavy atom. The maximum Gasteiger partial charge on any atom is 0.273 e. The zero-order chi connectivity index (χ0) is 24.3. The zero-order valence-electron chi connectivity index (χ0n) is 19.5. The summed E-state index contributed by atoms with van der Waals surface area (Å²) in [6, 6.07) is 13.8. The van der Waals surface area contributed by atoms with Crippen molar-refractivity contribution >= 4 is 36.7 Å². The molecule has 2 aromatic rings. The molecule has 7 nitrogen and oxygen atoms in total. The Kier molecular flexibility index (Phi) is 6.88. The topological polar surface area (TPSA) is 91.2 Å². The molecule has 1 heterocycles. The van der Waals surface area contributed by atoms with Crippen molar-refractivity contribution in [3.8, 4) is 5.75 Å². The summed E-state index contributed by atoms with van der Waals surface area (Å²) in [4.78, 5) is 31.6. The van der Waals surface area contributed by atoms with Crippen LogP contribution in [-0.2, 0) is 9.59 Å². The summed E-state index contributed by atoms with van der Waals surface area (Å²) in [6.45, 7) is 10.4. The molecule has 2 aromatic carbocycles. The van der Waals surface area contributed by atoms with Gasteiger partial charge in [-0.1, -0.05) is 55.7 Å². The van der Waals surface area contributed by atoms with Crippen molar-refractivity contribution in [3.05, 3.63) is 78.0 Å². The minimum Gasteiger partial charge on any atom is -0.497 e. The minimum atomic E-state index is -1.46. The summed E-state index contributed by atoms with van der Waals surface area (Å²) in [5.41, 5.74) is 1.52. The molecule has 1 unspecified atom stereocenters. The fourth-order valence-corrected chi connectivity index (χ4v) is 4.62. The number of benzene rings is 2. The first-order valence-electron chi connectivity index (χ1n) is 10.5. The molecule has 0 spiro atoms. The Labute approximate surface area is 195 Å². The van der Waals surface area contributed by atoms with E-state index in [0.717, 1.165) is 0 Å². The third-order valence-electron chi connectivity index (χ3n) is 5.45. The second kappa shape index (κ2) is 9.46. The van der Waals surface area contributed by atoms with E-state index in [1.54, 1.807) is 31.4 Å². The highest BCUT2D eigenvalue weighted by atomic mass is 28.3. The lowest BCUT2D eigenvalue weighted by Crippen LogP contribution is -2.39. The molecule has 0 aromatic heterocycles. The van der Waals surface area contributed by atoms with Crippen LogP contribution in [0.5, 0.6) is 5.75 Å². The molecule has 0 saturated carbocycles. The monoisotopic (exact) mass is 463 g/mol. The van der Waals surface area contributed by atoms with E-state index in [2.05, 4.69) is 36.5 Å². The highest BCUT2D eigenvalue weighted by Gasteiger charge is 2.32. The van der Waals surface area contributed by atoms with Crippen LogP contribution in [0.4, 0.5) is 5.69 Å². The Bertz CT molecular complexity index is 1130.